The first-order chi connectivity index (χ1) is 14.9. The van der Waals surface area contributed by atoms with E-state index in [9.17, 15) is 13.2 Å². The molecular weight excluding hydrogens is 436 g/mol. The highest BCUT2D eigenvalue weighted by atomic mass is 35.5. The normalized spacial score (nSPS) is 14.9. The van der Waals surface area contributed by atoms with Gasteiger partial charge in [-0.2, -0.15) is 4.31 Å². The molecule has 2 heterocycles. The molecule has 0 atom stereocenters. The van der Waals surface area contributed by atoms with Crippen molar-refractivity contribution in [2.75, 3.05) is 31.5 Å². The zero-order valence-corrected chi connectivity index (χ0v) is 18.2. The van der Waals surface area contributed by atoms with Gasteiger partial charge in [-0.1, -0.05) is 17.7 Å². The molecule has 2 aromatic carbocycles. The third kappa shape index (κ3) is 4.77. The largest absolute Gasteiger partial charge is 0.322 e. The molecule has 1 amide bonds. The van der Waals surface area contributed by atoms with E-state index < -0.39 is 10.0 Å². The lowest BCUT2D eigenvalue weighted by molar-refractivity contribution is 0.102. The molecule has 160 valence electrons. The van der Waals surface area contributed by atoms with Crippen LogP contribution < -0.4 is 10.6 Å². The minimum absolute atomic E-state index is 0.176. The van der Waals surface area contributed by atoms with Gasteiger partial charge in [0, 0.05) is 49.2 Å². The molecule has 1 aliphatic rings. The second-order valence-corrected chi connectivity index (χ2v) is 9.39. The van der Waals surface area contributed by atoms with Gasteiger partial charge >= 0.3 is 0 Å². The van der Waals surface area contributed by atoms with Crippen LogP contribution in [0.3, 0.4) is 0 Å². The Balaban J connectivity index is 1.51. The first kappa shape index (κ1) is 21.5. The Bertz CT molecular complexity index is 1180. The summed E-state index contributed by atoms with van der Waals surface area (Å²) >= 11 is 6.29. The van der Waals surface area contributed by atoms with E-state index in [4.69, 9.17) is 11.6 Å². The molecule has 0 aliphatic carbocycles. The van der Waals surface area contributed by atoms with Gasteiger partial charge in [-0.25, -0.2) is 8.42 Å². The van der Waals surface area contributed by atoms with Crippen molar-refractivity contribution in [2.24, 2.45) is 0 Å². The molecule has 0 radical (unpaired) electrons. The van der Waals surface area contributed by atoms with Gasteiger partial charge in [0.1, 0.15) is 0 Å². The molecule has 0 bridgehead atoms. The molecule has 3 aromatic rings. The summed E-state index contributed by atoms with van der Waals surface area (Å²) in [5, 5.41) is 6.48. The summed E-state index contributed by atoms with van der Waals surface area (Å²) < 4.78 is 26.9. The van der Waals surface area contributed by atoms with E-state index in [0.29, 0.717) is 53.7 Å². The van der Waals surface area contributed by atoms with Crippen molar-refractivity contribution in [3.63, 3.8) is 0 Å². The number of piperazine rings is 1. The molecule has 9 heteroatoms. The van der Waals surface area contributed by atoms with Crippen molar-refractivity contribution < 1.29 is 13.2 Å². The SMILES string of the molecule is O=C(Nc1ccc(Cl)c(-c2ccccn2)c1)c1ccc(S(=O)(=O)N2CCNCC2)cc1. The summed E-state index contributed by atoms with van der Waals surface area (Å²) in [5.74, 6) is -0.347. The van der Waals surface area contributed by atoms with E-state index in [-0.39, 0.29) is 10.8 Å². The Labute approximate surface area is 186 Å². The Kier molecular flexibility index (Phi) is 6.33. The monoisotopic (exact) mass is 456 g/mol. The van der Waals surface area contributed by atoms with Crippen LogP contribution in [-0.2, 0) is 10.0 Å². The third-order valence-electron chi connectivity index (χ3n) is 5.00. The molecule has 1 aromatic heterocycles. The van der Waals surface area contributed by atoms with Gasteiger partial charge in [0.2, 0.25) is 10.0 Å². The number of rotatable bonds is 5. The van der Waals surface area contributed by atoms with Gasteiger partial charge in [-0.05, 0) is 54.6 Å². The fraction of sp³-hybridized carbons (Fsp3) is 0.182. The van der Waals surface area contributed by atoms with Crippen molar-refractivity contribution in [2.45, 2.75) is 4.90 Å². The summed E-state index contributed by atoms with van der Waals surface area (Å²) in [6.07, 6.45) is 1.67. The lowest BCUT2D eigenvalue weighted by atomic mass is 10.1. The van der Waals surface area contributed by atoms with Gasteiger partial charge < -0.3 is 10.6 Å². The van der Waals surface area contributed by atoms with Crippen molar-refractivity contribution >= 4 is 33.2 Å². The number of anilines is 1. The van der Waals surface area contributed by atoms with Crippen LogP contribution in [0.25, 0.3) is 11.3 Å². The van der Waals surface area contributed by atoms with Crippen LogP contribution in [0.5, 0.6) is 0 Å². The highest BCUT2D eigenvalue weighted by Crippen LogP contribution is 2.29. The van der Waals surface area contributed by atoms with Gasteiger partial charge in [0.15, 0.2) is 0 Å². The van der Waals surface area contributed by atoms with E-state index in [1.165, 1.54) is 28.6 Å². The van der Waals surface area contributed by atoms with Gasteiger partial charge in [0.25, 0.3) is 5.91 Å². The number of hydrogen-bond acceptors (Lipinski definition) is 5. The third-order valence-corrected chi connectivity index (χ3v) is 7.24. The second kappa shape index (κ2) is 9.15. The average Bonchev–Trinajstić information content (AvgIpc) is 2.81. The first-order valence-corrected chi connectivity index (χ1v) is 11.6. The second-order valence-electron chi connectivity index (χ2n) is 7.04. The van der Waals surface area contributed by atoms with Gasteiger partial charge in [-0.3, -0.25) is 9.78 Å². The fourth-order valence-electron chi connectivity index (χ4n) is 3.34. The molecule has 0 saturated carbocycles. The van der Waals surface area contributed by atoms with Crippen LogP contribution in [0.15, 0.2) is 71.8 Å². The molecular formula is C22H21ClN4O3S. The van der Waals surface area contributed by atoms with Crippen molar-refractivity contribution in [3.05, 3.63) is 77.4 Å². The minimum atomic E-state index is -3.56. The number of hydrogen-bond donors (Lipinski definition) is 2. The smallest absolute Gasteiger partial charge is 0.255 e. The van der Waals surface area contributed by atoms with Crippen LogP contribution in [0, 0.1) is 0 Å². The Morgan fingerprint density at radius 1 is 1.03 bits per heavy atom. The number of carbonyl (C=O) groups excluding carboxylic acids is 1. The molecule has 2 N–H and O–H groups in total. The summed E-state index contributed by atoms with van der Waals surface area (Å²) in [6.45, 7) is 2.11. The summed E-state index contributed by atoms with van der Waals surface area (Å²) in [7, 11) is -3.56. The highest BCUT2D eigenvalue weighted by molar-refractivity contribution is 7.89. The van der Waals surface area contributed by atoms with Gasteiger partial charge in [-0.15, -0.1) is 0 Å². The fourth-order valence-corrected chi connectivity index (χ4v) is 4.99. The lowest BCUT2D eigenvalue weighted by Gasteiger charge is -2.26. The molecule has 0 unspecified atom stereocenters. The number of pyridine rings is 1. The Morgan fingerprint density at radius 2 is 1.77 bits per heavy atom. The molecule has 7 nitrogen and oxygen atoms in total. The minimum Gasteiger partial charge on any atom is -0.322 e. The molecule has 1 saturated heterocycles. The van der Waals surface area contributed by atoms with Crippen molar-refractivity contribution in [1.29, 1.82) is 0 Å². The summed E-state index contributed by atoms with van der Waals surface area (Å²) in [6, 6.07) is 16.6. The molecule has 31 heavy (non-hydrogen) atoms. The van der Waals surface area contributed by atoms with Crippen molar-refractivity contribution in [1.82, 2.24) is 14.6 Å². The number of nitrogens with zero attached hydrogens (tertiary/aromatic N) is 2. The number of carbonyl (C=O) groups is 1. The van der Waals surface area contributed by atoms with Crippen LogP contribution >= 0.6 is 11.6 Å². The molecule has 0 spiro atoms. The Morgan fingerprint density at radius 3 is 2.45 bits per heavy atom. The predicted octanol–water partition coefficient (Wildman–Crippen LogP) is 3.25. The van der Waals surface area contributed by atoms with Crippen LogP contribution in [0.1, 0.15) is 10.4 Å². The lowest BCUT2D eigenvalue weighted by Crippen LogP contribution is -2.46. The van der Waals surface area contributed by atoms with Crippen LogP contribution in [-0.4, -0.2) is 49.8 Å². The van der Waals surface area contributed by atoms with Crippen molar-refractivity contribution in [3.8, 4) is 11.3 Å². The van der Waals surface area contributed by atoms with Crippen LogP contribution in [0.2, 0.25) is 5.02 Å². The molecule has 1 aliphatic heterocycles. The number of aromatic nitrogens is 1. The van der Waals surface area contributed by atoms with E-state index in [0.717, 1.165) is 0 Å². The topological polar surface area (TPSA) is 91.4 Å². The van der Waals surface area contributed by atoms with Gasteiger partial charge in [0.05, 0.1) is 15.6 Å². The predicted molar refractivity (Wildman–Crippen MR) is 121 cm³/mol. The average molecular weight is 457 g/mol. The number of benzene rings is 2. The zero-order valence-electron chi connectivity index (χ0n) is 16.6. The molecule has 1 fully saturated rings. The van der Waals surface area contributed by atoms with E-state index in [1.54, 1.807) is 24.4 Å². The highest BCUT2D eigenvalue weighted by Gasteiger charge is 2.25. The first-order valence-electron chi connectivity index (χ1n) is 9.78. The number of sulfonamides is 1. The zero-order chi connectivity index (χ0) is 21.8. The van der Waals surface area contributed by atoms with E-state index in [1.807, 2.05) is 18.2 Å². The maximum Gasteiger partial charge on any atom is 0.255 e. The maximum absolute atomic E-state index is 12.7. The summed E-state index contributed by atoms with van der Waals surface area (Å²) in [5.41, 5.74) is 2.32. The standard InChI is InChI=1S/C22H21ClN4O3S/c23-20-9-6-17(15-19(20)21-3-1-2-10-25-21)26-22(28)16-4-7-18(8-5-16)31(29,30)27-13-11-24-12-14-27/h1-10,15,24H,11-14H2,(H,26,28). The van der Waals surface area contributed by atoms with Crippen LogP contribution in [0.4, 0.5) is 5.69 Å². The van der Waals surface area contributed by atoms with E-state index in [2.05, 4.69) is 15.6 Å². The number of nitrogens with one attached hydrogen (secondary N) is 2. The number of halogens is 1. The maximum atomic E-state index is 12.7. The quantitative estimate of drug-likeness (QED) is 0.615. The molecule has 4 rings (SSSR count). The number of amides is 1. The summed E-state index contributed by atoms with van der Waals surface area (Å²) in [4.78, 5) is 17.2. The Hall–Kier alpha value is -2.78. The van der Waals surface area contributed by atoms with E-state index >= 15 is 0 Å².